The molecule has 1 aliphatic rings. The lowest BCUT2D eigenvalue weighted by molar-refractivity contribution is -0.127. The first-order chi connectivity index (χ1) is 5.89. The van der Waals surface area contributed by atoms with Gasteiger partial charge >= 0.3 is 0 Å². The first-order valence-electron chi connectivity index (χ1n) is 5.10. The topological polar surface area (TPSA) is 66.5 Å². The van der Waals surface area contributed by atoms with E-state index in [2.05, 4.69) is 0 Å². The summed E-state index contributed by atoms with van der Waals surface area (Å²) in [5.41, 5.74) is 5.53. The van der Waals surface area contributed by atoms with Gasteiger partial charge in [-0.25, -0.2) is 0 Å². The van der Waals surface area contributed by atoms with E-state index in [-0.39, 0.29) is 0 Å². The first kappa shape index (κ1) is 15.4. The highest BCUT2D eigenvalue weighted by molar-refractivity contribution is 4.67. The van der Waals surface area contributed by atoms with Gasteiger partial charge in [-0.2, -0.15) is 0 Å². The Bertz CT molecular complexity index is 87.6. The van der Waals surface area contributed by atoms with E-state index in [1.165, 1.54) is 39.5 Å². The Kier molecular flexibility index (Phi) is 10.0. The first-order valence-corrected chi connectivity index (χ1v) is 5.10. The normalized spacial score (nSPS) is 16.8. The maximum Gasteiger partial charge on any atom is 0.156 e. The van der Waals surface area contributed by atoms with Gasteiger partial charge in [0.1, 0.15) is 0 Å². The maximum absolute atomic E-state index is 8.08. The van der Waals surface area contributed by atoms with Crippen molar-refractivity contribution in [2.24, 2.45) is 5.73 Å². The average molecular weight is 191 g/mol. The summed E-state index contributed by atoms with van der Waals surface area (Å²) in [6.07, 6.45) is 5.25. The Labute approximate surface area is 82.0 Å². The van der Waals surface area contributed by atoms with Crippen molar-refractivity contribution in [3.8, 4) is 0 Å². The molecule has 1 saturated carbocycles. The molecule has 0 heterocycles. The molecule has 0 bridgehead atoms. The molecule has 0 spiro atoms. The van der Waals surface area contributed by atoms with Crippen LogP contribution in [-0.2, 0) is 0 Å². The summed E-state index contributed by atoms with van der Waals surface area (Å²) in [6.45, 7) is 6.60. The second kappa shape index (κ2) is 8.48. The predicted molar refractivity (Wildman–Crippen MR) is 56.3 cm³/mol. The minimum absolute atomic E-state index is 0.546. The number of hydrogen-bond acceptors (Lipinski definition) is 3. The molecule has 1 fully saturated rings. The predicted octanol–water partition coefficient (Wildman–Crippen LogP) is 1.62. The fraction of sp³-hybridized carbons (Fsp3) is 1.00. The standard InChI is InChI=1S/C5H11N.C3H8O2.C2H6/c6-5-3-1-2-4-5;1-3(2,4)5;1-2/h5H,1-4,6H2;4-5H,1-2H3;1-2H3. The van der Waals surface area contributed by atoms with Crippen molar-refractivity contribution in [3.05, 3.63) is 0 Å². The lowest BCUT2D eigenvalue weighted by Gasteiger charge is -2.03. The summed E-state index contributed by atoms with van der Waals surface area (Å²) in [5.74, 6) is -1.50. The zero-order chi connectivity index (χ0) is 10.9. The number of aliphatic hydroxyl groups is 2. The Balaban J connectivity index is 0. The molecule has 0 aromatic carbocycles. The summed E-state index contributed by atoms with van der Waals surface area (Å²) < 4.78 is 0. The van der Waals surface area contributed by atoms with Gasteiger partial charge in [0.25, 0.3) is 0 Å². The van der Waals surface area contributed by atoms with Crippen molar-refractivity contribution in [1.29, 1.82) is 0 Å². The summed E-state index contributed by atoms with van der Waals surface area (Å²) in [5, 5.41) is 16.2. The summed E-state index contributed by atoms with van der Waals surface area (Å²) in [7, 11) is 0. The van der Waals surface area contributed by atoms with Gasteiger partial charge < -0.3 is 15.9 Å². The highest BCUT2D eigenvalue weighted by Gasteiger charge is 2.07. The van der Waals surface area contributed by atoms with E-state index in [9.17, 15) is 0 Å². The lowest BCUT2D eigenvalue weighted by atomic mass is 10.3. The van der Waals surface area contributed by atoms with Gasteiger partial charge in [0.05, 0.1) is 0 Å². The third-order valence-corrected chi connectivity index (χ3v) is 1.40. The van der Waals surface area contributed by atoms with Crippen molar-refractivity contribution in [3.63, 3.8) is 0 Å². The minimum Gasteiger partial charge on any atom is -0.366 e. The van der Waals surface area contributed by atoms with E-state index >= 15 is 0 Å². The van der Waals surface area contributed by atoms with Crippen LogP contribution in [0.1, 0.15) is 53.4 Å². The molecular weight excluding hydrogens is 166 g/mol. The van der Waals surface area contributed by atoms with Crippen LogP contribution in [0.3, 0.4) is 0 Å². The quantitative estimate of drug-likeness (QED) is 0.510. The van der Waals surface area contributed by atoms with Crippen LogP contribution in [-0.4, -0.2) is 22.0 Å². The third kappa shape index (κ3) is 24.5. The maximum atomic E-state index is 8.08. The lowest BCUT2D eigenvalue weighted by Crippen LogP contribution is -2.15. The van der Waals surface area contributed by atoms with Gasteiger partial charge in [-0.1, -0.05) is 26.7 Å². The monoisotopic (exact) mass is 191 g/mol. The highest BCUT2D eigenvalue weighted by atomic mass is 16.5. The van der Waals surface area contributed by atoms with Crippen LogP contribution >= 0.6 is 0 Å². The molecule has 1 rings (SSSR count). The minimum atomic E-state index is -1.50. The molecule has 0 saturated heterocycles. The molecule has 0 amide bonds. The van der Waals surface area contributed by atoms with Gasteiger partial charge in [-0.05, 0) is 26.7 Å². The molecule has 0 unspecified atom stereocenters. The zero-order valence-electron chi connectivity index (χ0n) is 9.38. The summed E-state index contributed by atoms with van der Waals surface area (Å²) >= 11 is 0. The van der Waals surface area contributed by atoms with Crippen LogP contribution in [0.5, 0.6) is 0 Å². The molecule has 4 N–H and O–H groups in total. The van der Waals surface area contributed by atoms with E-state index in [0.29, 0.717) is 6.04 Å². The molecule has 3 heteroatoms. The molecule has 0 aromatic heterocycles. The number of nitrogens with two attached hydrogens (primary N) is 1. The van der Waals surface area contributed by atoms with Crippen LogP contribution < -0.4 is 5.73 Å². The Morgan fingerprint density at radius 2 is 1.31 bits per heavy atom. The number of hydrogen-bond donors (Lipinski definition) is 3. The van der Waals surface area contributed by atoms with Crippen molar-refractivity contribution in [2.45, 2.75) is 65.2 Å². The van der Waals surface area contributed by atoms with Crippen LogP contribution in [0.25, 0.3) is 0 Å². The van der Waals surface area contributed by atoms with Crippen molar-refractivity contribution in [1.82, 2.24) is 0 Å². The SMILES string of the molecule is CC.CC(C)(O)O.NC1CCCC1. The van der Waals surface area contributed by atoms with E-state index in [4.69, 9.17) is 15.9 Å². The second-order valence-corrected chi connectivity index (χ2v) is 3.54. The fourth-order valence-electron chi connectivity index (χ4n) is 0.957. The largest absolute Gasteiger partial charge is 0.366 e. The smallest absolute Gasteiger partial charge is 0.156 e. The molecule has 13 heavy (non-hydrogen) atoms. The van der Waals surface area contributed by atoms with Gasteiger partial charge in [-0.3, -0.25) is 0 Å². The van der Waals surface area contributed by atoms with E-state index < -0.39 is 5.79 Å². The van der Waals surface area contributed by atoms with Crippen LogP contribution in [0, 0.1) is 0 Å². The van der Waals surface area contributed by atoms with Crippen LogP contribution in [0.4, 0.5) is 0 Å². The summed E-state index contributed by atoms with van der Waals surface area (Å²) in [4.78, 5) is 0. The second-order valence-electron chi connectivity index (χ2n) is 3.54. The molecule has 3 nitrogen and oxygen atoms in total. The van der Waals surface area contributed by atoms with Crippen molar-refractivity contribution in [2.75, 3.05) is 0 Å². The Morgan fingerprint density at radius 3 is 1.38 bits per heavy atom. The average Bonchev–Trinajstić information content (AvgIpc) is 2.40. The van der Waals surface area contributed by atoms with Gasteiger partial charge in [0.2, 0.25) is 0 Å². The zero-order valence-corrected chi connectivity index (χ0v) is 9.38. The third-order valence-electron chi connectivity index (χ3n) is 1.40. The van der Waals surface area contributed by atoms with Gasteiger partial charge in [0.15, 0.2) is 5.79 Å². The van der Waals surface area contributed by atoms with E-state index in [1.807, 2.05) is 13.8 Å². The number of rotatable bonds is 0. The Hall–Kier alpha value is -0.120. The van der Waals surface area contributed by atoms with Crippen molar-refractivity contribution < 1.29 is 10.2 Å². The van der Waals surface area contributed by atoms with Crippen LogP contribution in [0.15, 0.2) is 0 Å². The van der Waals surface area contributed by atoms with E-state index in [1.54, 1.807) is 0 Å². The highest BCUT2D eigenvalue weighted by Crippen LogP contribution is 2.14. The molecule has 0 aliphatic heterocycles. The Morgan fingerprint density at radius 1 is 1.08 bits per heavy atom. The van der Waals surface area contributed by atoms with Crippen LogP contribution in [0.2, 0.25) is 0 Å². The molecule has 1 aliphatic carbocycles. The molecular formula is C10H25NO2. The molecule has 0 aromatic rings. The van der Waals surface area contributed by atoms with E-state index in [0.717, 1.165) is 0 Å². The van der Waals surface area contributed by atoms with Crippen molar-refractivity contribution >= 4 is 0 Å². The molecule has 0 atom stereocenters. The van der Waals surface area contributed by atoms with Gasteiger partial charge in [0, 0.05) is 6.04 Å². The fourth-order valence-corrected chi connectivity index (χ4v) is 0.957. The van der Waals surface area contributed by atoms with Gasteiger partial charge in [-0.15, -0.1) is 0 Å². The molecule has 0 radical (unpaired) electrons. The summed E-state index contributed by atoms with van der Waals surface area (Å²) in [6, 6.07) is 0.546. The molecule has 82 valence electrons.